The quantitative estimate of drug-likeness (QED) is 0.185. The van der Waals surface area contributed by atoms with Crippen LogP contribution in [-0.4, -0.2) is 69.1 Å². The van der Waals surface area contributed by atoms with Gasteiger partial charge in [0.2, 0.25) is 0 Å². The van der Waals surface area contributed by atoms with E-state index in [9.17, 15) is 5.11 Å². The largest absolute Gasteiger partial charge is 0.507 e. The van der Waals surface area contributed by atoms with Crippen LogP contribution in [0.25, 0.3) is 44.5 Å². The van der Waals surface area contributed by atoms with Crippen molar-refractivity contribution in [2.24, 2.45) is 0 Å². The zero-order valence-corrected chi connectivity index (χ0v) is 30.9. The second-order valence-corrected chi connectivity index (χ2v) is 14.4. The van der Waals surface area contributed by atoms with Crippen LogP contribution >= 0.6 is 0 Å². The van der Waals surface area contributed by atoms with Gasteiger partial charge in [0.25, 0.3) is 0 Å². The number of benzene rings is 4. The van der Waals surface area contributed by atoms with Crippen molar-refractivity contribution in [2.45, 2.75) is 24.9 Å². The molecule has 2 unspecified atom stereocenters. The molecule has 0 spiro atoms. The lowest BCUT2D eigenvalue weighted by Crippen LogP contribution is -2.31. The van der Waals surface area contributed by atoms with Crippen LogP contribution < -0.4 is 4.74 Å². The van der Waals surface area contributed by atoms with Crippen molar-refractivity contribution in [3.05, 3.63) is 156 Å². The Hall–Kier alpha value is -6.36. The smallest absolute Gasteiger partial charge is 0.134 e. The zero-order chi connectivity index (χ0) is 37.5. The number of likely N-dealkylation sites (N-methyl/N-ethyl adjacent to an activating group) is 2. The number of ether oxygens (including phenoxy) is 1. The van der Waals surface area contributed by atoms with E-state index in [1.165, 1.54) is 22.3 Å². The first-order valence-corrected chi connectivity index (χ1v) is 18.3. The number of aromatic hydroxyl groups is 1. The van der Waals surface area contributed by atoms with Crippen molar-refractivity contribution in [1.82, 2.24) is 29.7 Å². The Morgan fingerprint density at radius 3 is 1.71 bits per heavy atom. The molecule has 0 amide bonds. The summed E-state index contributed by atoms with van der Waals surface area (Å²) in [7, 11) is 5.96. The van der Waals surface area contributed by atoms with Gasteiger partial charge in [-0.25, -0.2) is 0 Å². The molecule has 1 N–H and O–H groups in total. The van der Waals surface area contributed by atoms with Crippen LogP contribution in [0.4, 0.5) is 0 Å². The first-order chi connectivity index (χ1) is 26.9. The summed E-state index contributed by atoms with van der Waals surface area (Å²) >= 11 is 0. The minimum absolute atomic E-state index is 0.176. The van der Waals surface area contributed by atoms with Gasteiger partial charge in [-0.2, -0.15) is 0 Å². The maximum atomic E-state index is 11.0. The molecule has 0 bridgehead atoms. The summed E-state index contributed by atoms with van der Waals surface area (Å²) in [5.74, 6) is 1.61. The summed E-state index contributed by atoms with van der Waals surface area (Å²) in [5, 5.41) is 13.2. The van der Waals surface area contributed by atoms with Gasteiger partial charge in [-0.1, -0.05) is 36.4 Å². The summed E-state index contributed by atoms with van der Waals surface area (Å²) in [6.45, 7) is 3.39. The minimum Gasteiger partial charge on any atom is -0.507 e. The second-order valence-electron chi connectivity index (χ2n) is 14.4. The fourth-order valence-corrected chi connectivity index (χ4v) is 8.23. The van der Waals surface area contributed by atoms with Gasteiger partial charge in [0.05, 0.1) is 43.4 Å². The summed E-state index contributed by atoms with van der Waals surface area (Å²) < 4.78 is 17.1. The SMILES string of the molecule is CN1Cc2c(ccc(-c3cnccn3)c2O)C(c2ccc3ccoc3c2)C1.COc1c(-c2cnccn2)ccc2c1CN(C)CC2c1ccc2ccoc2c1. The number of aromatic nitrogens is 4. The van der Waals surface area contributed by atoms with Crippen molar-refractivity contribution < 1.29 is 18.7 Å². The number of phenols is 1. The average molecular weight is 729 g/mol. The van der Waals surface area contributed by atoms with E-state index in [1.54, 1.807) is 56.8 Å². The molecular formula is C45H40N6O4. The molecule has 274 valence electrons. The van der Waals surface area contributed by atoms with Crippen LogP contribution in [0, 0.1) is 0 Å². The lowest BCUT2D eigenvalue weighted by atomic mass is 9.83. The maximum Gasteiger partial charge on any atom is 0.134 e. The van der Waals surface area contributed by atoms with E-state index in [2.05, 4.69) is 98.4 Å². The zero-order valence-electron chi connectivity index (χ0n) is 30.9. The lowest BCUT2D eigenvalue weighted by molar-refractivity contribution is 0.286. The van der Waals surface area contributed by atoms with Crippen LogP contribution in [0.1, 0.15) is 45.2 Å². The third-order valence-electron chi connectivity index (χ3n) is 10.9. The molecule has 4 aromatic carbocycles. The van der Waals surface area contributed by atoms with Crippen LogP contribution in [0.5, 0.6) is 11.5 Å². The lowest BCUT2D eigenvalue weighted by Gasteiger charge is -2.34. The Morgan fingerprint density at radius 1 is 0.636 bits per heavy atom. The normalized spacial score (nSPS) is 17.0. The molecule has 4 aromatic heterocycles. The second kappa shape index (κ2) is 14.5. The molecule has 10 rings (SSSR count). The molecule has 6 heterocycles. The van der Waals surface area contributed by atoms with Gasteiger partial charge < -0.3 is 28.5 Å². The highest BCUT2D eigenvalue weighted by molar-refractivity contribution is 5.79. The van der Waals surface area contributed by atoms with E-state index in [-0.39, 0.29) is 11.8 Å². The van der Waals surface area contributed by atoms with Crippen molar-refractivity contribution in [3.8, 4) is 34.0 Å². The molecular weight excluding hydrogens is 689 g/mol. The third-order valence-corrected chi connectivity index (χ3v) is 10.9. The van der Waals surface area contributed by atoms with Gasteiger partial charge in [-0.05, 0) is 72.7 Å². The van der Waals surface area contributed by atoms with Gasteiger partial charge in [-0.15, -0.1) is 0 Å². The van der Waals surface area contributed by atoms with Gasteiger partial charge in [-0.3, -0.25) is 19.9 Å². The maximum absolute atomic E-state index is 11.0. The van der Waals surface area contributed by atoms with E-state index in [0.717, 1.165) is 75.3 Å². The molecule has 0 radical (unpaired) electrons. The predicted octanol–water partition coefficient (Wildman–Crippen LogP) is 8.65. The van der Waals surface area contributed by atoms with Crippen LogP contribution in [0.3, 0.4) is 0 Å². The fraction of sp³-hybridized carbons (Fsp3) is 0.200. The molecule has 0 saturated heterocycles. The van der Waals surface area contributed by atoms with Crippen molar-refractivity contribution in [2.75, 3.05) is 34.3 Å². The number of methoxy groups -OCH3 is 1. The number of fused-ring (bicyclic) bond motifs is 4. The van der Waals surface area contributed by atoms with Gasteiger partial charge in [0, 0.05) is 95.8 Å². The Kier molecular flexibility index (Phi) is 9.05. The summed E-state index contributed by atoms with van der Waals surface area (Å²) in [5.41, 5.74) is 12.1. The highest BCUT2D eigenvalue weighted by Gasteiger charge is 2.30. The fourth-order valence-electron chi connectivity index (χ4n) is 8.23. The van der Waals surface area contributed by atoms with Crippen LogP contribution in [0.2, 0.25) is 0 Å². The Balaban J connectivity index is 0.000000144. The minimum atomic E-state index is 0.176. The topological polar surface area (TPSA) is 114 Å². The van der Waals surface area contributed by atoms with E-state index in [1.807, 2.05) is 18.2 Å². The molecule has 2 atom stereocenters. The number of rotatable bonds is 5. The standard InChI is InChI=1S/C23H21N3O2.C22H19N3O2/c1-26-13-19(16-4-3-15-7-10-28-22(15)11-16)17-5-6-18(21-12-24-8-9-25-21)23(27-2)20(17)14-26;1-25-12-18(15-3-2-14-6-9-27-21(14)10-15)16-4-5-17(22(26)19(16)13-25)20-11-23-7-8-24-20/h3-12,19H,13-14H2,1-2H3;2-11,18,26H,12-13H2,1H3. The Bertz CT molecular complexity index is 2620. The summed E-state index contributed by atoms with van der Waals surface area (Å²) in [6, 6.07) is 25.2. The summed E-state index contributed by atoms with van der Waals surface area (Å²) in [6.07, 6.45) is 13.6. The molecule has 55 heavy (non-hydrogen) atoms. The Morgan fingerprint density at radius 2 is 1.16 bits per heavy atom. The number of hydrogen-bond donors (Lipinski definition) is 1. The molecule has 8 aromatic rings. The number of furan rings is 2. The van der Waals surface area contributed by atoms with Gasteiger partial charge in [0.1, 0.15) is 22.7 Å². The molecule has 0 saturated carbocycles. The Labute approximate surface area is 318 Å². The third kappa shape index (κ3) is 6.49. The highest BCUT2D eigenvalue weighted by Crippen LogP contribution is 2.44. The molecule has 10 nitrogen and oxygen atoms in total. The molecule has 2 aliphatic rings. The van der Waals surface area contributed by atoms with E-state index < -0.39 is 0 Å². The first-order valence-electron chi connectivity index (χ1n) is 18.3. The van der Waals surface area contributed by atoms with Crippen LogP contribution in [-0.2, 0) is 13.1 Å². The van der Waals surface area contributed by atoms with Crippen molar-refractivity contribution >= 4 is 21.9 Å². The van der Waals surface area contributed by atoms with Crippen molar-refractivity contribution in [1.29, 1.82) is 0 Å². The number of hydrogen-bond acceptors (Lipinski definition) is 10. The number of phenolic OH excluding ortho intramolecular Hbond substituents is 1. The molecule has 0 fully saturated rings. The van der Waals surface area contributed by atoms with Crippen LogP contribution in [0.15, 0.2) is 131 Å². The van der Waals surface area contributed by atoms with Gasteiger partial charge in [0.15, 0.2) is 0 Å². The number of nitrogens with zero attached hydrogens (tertiary/aromatic N) is 6. The first kappa shape index (κ1) is 34.4. The van der Waals surface area contributed by atoms with E-state index >= 15 is 0 Å². The average Bonchev–Trinajstić information content (AvgIpc) is 3.90. The monoisotopic (exact) mass is 728 g/mol. The molecule has 10 heteroatoms. The van der Waals surface area contributed by atoms with E-state index in [0.29, 0.717) is 18.0 Å². The molecule has 2 aliphatic heterocycles. The summed E-state index contributed by atoms with van der Waals surface area (Å²) in [4.78, 5) is 21.7. The van der Waals surface area contributed by atoms with Gasteiger partial charge >= 0.3 is 0 Å². The molecule has 0 aliphatic carbocycles. The predicted molar refractivity (Wildman–Crippen MR) is 212 cm³/mol. The highest BCUT2D eigenvalue weighted by atomic mass is 16.5. The van der Waals surface area contributed by atoms with Crippen molar-refractivity contribution in [3.63, 3.8) is 0 Å². The van der Waals surface area contributed by atoms with E-state index in [4.69, 9.17) is 13.6 Å².